The first-order chi connectivity index (χ1) is 17.5. The molecule has 2 aliphatic rings. The van der Waals surface area contributed by atoms with E-state index in [1.165, 1.54) is 5.56 Å². The molecule has 1 aliphatic carbocycles. The summed E-state index contributed by atoms with van der Waals surface area (Å²) < 4.78 is 2.10. The zero-order valence-corrected chi connectivity index (χ0v) is 21.8. The minimum Gasteiger partial charge on any atom is -0.339 e. The van der Waals surface area contributed by atoms with Gasteiger partial charge >= 0.3 is 0 Å². The van der Waals surface area contributed by atoms with Crippen LogP contribution >= 0.6 is 11.8 Å². The van der Waals surface area contributed by atoms with Gasteiger partial charge in [0.25, 0.3) is 0 Å². The molecular formula is C28H33N5O2S. The fourth-order valence-electron chi connectivity index (χ4n) is 4.69. The highest BCUT2D eigenvalue weighted by Crippen LogP contribution is 2.32. The Morgan fingerprint density at radius 3 is 2.44 bits per heavy atom. The van der Waals surface area contributed by atoms with Crippen molar-refractivity contribution in [3.63, 3.8) is 0 Å². The largest absolute Gasteiger partial charge is 0.339 e. The maximum absolute atomic E-state index is 12.9. The molecule has 3 aromatic rings. The molecule has 1 aliphatic heterocycles. The molecule has 0 N–H and O–H groups in total. The van der Waals surface area contributed by atoms with E-state index in [1.54, 1.807) is 11.8 Å². The highest BCUT2D eigenvalue weighted by Gasteiger charge is 2.37. The maximum atomic E-state index is 12.9. The van der Waals surface area contributed by atoms with Crippen LogP contribution in [0.15, 0.2) is 59.8 Å². The molecule has 1 unspecified atom stereocenters. The quantitative estimate of drug-likeness (QED) is 0.332. The van der Waals surface area contributed by atoms with Crippen molar-refractivity contribution in [2.45, 2.75) is 50.7 Å². The highest BCUT2D eigenvalue weighted by atomic mass is 32.2. The van der Waals surface area contributed by atoms with Gasteiger partial charge in [0, 0.05) is 55.0 Å². The number of amides is 2. The van der Waals surface area contributed by atoms with Crippen molar-refractivity contribution >= 4 is 23.6 Å². The van der Waals surface area contributed by atoms with Gasteiger partial charge in [0.2, 0.25) is 11.8 Å². The second-order valence-corrected chi connectivity index (χ2v) is 10.9. The van der Waals surface area contributed by atoms with E-state index in [0.717, 1.165) is 47.2 Å². The average molecular weight is 504 g/mol. The van der Waals surface area contributed by atoms with Gasteiger partial charge in [-0.3, -0.25) is 14.2 Å². The van der Waals surface area contributed by atoms with Crippen LogP contribution < -0.4 is 0 Å². The van der Waals surface area contributed by atoms with Gasteiger partial charge in [-0.25, -0.2) is 0 Å². The summed E-state index contributed by atoms with van der Waals surface area (Å²) in [7, 11) is 0. The molecule has 7 nitrogen and oxygen atoms in total. The van der Waals surface area contributed by atoms with Crippen LogP contribution in [0.3, 0.4) is 0 Å². The Hall–Kier alpha value is -3.13. The van der Waals surface area contributed by atoms with Gasteiger partial charge < -0.3 is 9.80 Å². The molecule has 5 rings (SSSR count). The summed E-state index contributed by atoms with van der Waals surface area (Å²) in [6.45, 7) is 6.05. The number of aryl methyl sites for hydroxylation is 1. The first kappa shape index (κ1) is 24.6. The SMILES string of the molecule is Cc1ccc(-n2c(SCCCC(=O)N3CCN(C(=O)C4CC4)C(C)C3)nnc2-c2ccccc2)cc1. The van der Waals surface area contributed by atoms with Gasteiger partial charge in [-0.1, -0.05) is 59.8 Å². The molecule has 1 aromatic heterocycles. The second-order valence-electron chi connectivity index (χ2n) is 9.79. The summed E-state index contributed by atoms with van der Waals surface area (Å²) >= 11 is 1.63. The van der Waals surface area contributed by atoms with E-state index >= 15 is 0 Å². The Morgan fingerprint density at radius 1 is 1.00 bits per heavy atom. The van der Waals surface area contributed by atoms with Crippen LogP contribution in [0, 0.1) is 12.8 Å². The lowest BCUT2D eigenvalue weighted by Crippen LogP contribution is -2.55. The second kappa shape index (κ2) is 10.9. The molecule has 1 saturated heterocycles. The minimum absolute atomic E-state index is 0.0923. The first-order valence-electron chi connectivity index (χ1n) is 12.8. The third kappa shape index (κ3) is 5.48. The molecule has 188 valence electrons. The van der Waals surface area contributed by atoms with Crippen molar-refractivity contribution < 1.29 is 9.59 Å². The molecule has 2 amide bonds. The normalized spacial score (nSPS) is 17.9. The van der Waals surface area contributed by atoms with Gasteiger partial charge in [-0.2, -0.15) is 0 Å². The minimum atomic E-state index is 0.0923. The van der Waals surface area contributed by atoms with E-state index in [-0.39, 0.29) is 23.8 Å². The number of nitrogens with zero attached hydrogens (tertiary/aromatic N) is 5. The summed E-state index contributed by atoms with van der Waals surface area (Å²) in [6.07, 6.45) is 3.31. The van der Waals surface area contributed by atoms with Gasteiger partial charge in [0.1, 0.15) is 0 Å². The topological polar surface area (TPSA) is 71.3 Å². The van der Waals surface area contributed by atoms with Crippen LogP contribution in [-0.4, -0.2) is 67.8 Å². The highest BCUT2D eigenvalue weighted by molar-refractivity contribution is 7.99. The Morgan fingerprint density at radius 2 is 1.75 bits per heavy atom. The number of carbonyl (C=O) groups is 2. The van der Waals surface area contributed by atoms with Gasteiger partial charge in [-0.15, -0.1) is 10.2 Å². The van der Waals surface area contributed by atoms with Crippen LogP contribution in [0.4, 0.5) is 0 Å². The molecule has 0 spiro atoms. The Kier molecular flexibility index (Phi) is 7.41. The van der Waals surface area contributed by atoms with E-state index in [0.29, 0.717) is 26.1 Å². The van der Waals surface area contributed by atoms with Crippen molar-refractivity contribution in [1.82, 2.24) is 24.6 Å². The number of aromatic nitrogens is 3. The molecule has 2 heterocycles. The van der Waals surface area contributed by atoms with Crippen molar-refractivity contribution in [2.75, 3.05) is 25.4 Å². The molecule has 2 fully saturated rings. The lowest BCUT2D eigenvalue weighted by atomic mass is 10.1. The van der Waals surface area contributed by atoms with Crippen molar-refractivity contribution in [2.24, 2.45) is 5.92 Å². The molecule has 2 aromatic carbocycles. The monoisotopic (exact) mass is 503 g/mol. The molecule has 0 radical (unpaired) electrons. The molecule has 1 saturated carbocycles. The van der Waals surface area contributed by atoms with Gasteiger partial charge in [0.05, 0.1) is 0 Å². The number of carbonyl (C=O) groups excluding carboxylic acids is 2. The number of thioether (sulfide) groups is 1. The molecule has 8 heteroatoms. The lowest BCUT2D eigenvalue weighted by Gasteiger charge is -2.40. The molecule has 0 bridgehead atoms. The summed E-state index contributed by atoms with van der Waals surface area (Å²) in [5.74, 6) is 2.27. The van der Waals surface area contributed by atoms with Crippen molar-refractivity contribution in [3.05, 3.63) is 60.2 Å². The van der Waals surface area contributed by atoms with E-state index in [2.05, 4.69) is 52.9 Å². The molecule has 1 atom stereocenters. The number of hydrogen-bond acceptors (Lipinski definition) is 5. The summed E-state index contributed by atoms with van der Waals surface area (Å²) in [4.78, 5) is 29.2. The Labute approximate surface area is 216 Å². The Balaban J connectivity index is 1.19. The standard InChI is InChI=1S/C28H33N5O2S/c1-20-10-14-24(15-11-20)33-26(22-7-4-3-5-8-22)29-30-28(33)36-18-6-9-25(34)31-16-17-32(21(2)19-31)27(35)23-12-13-23/h3-5,7-8,10-11,14-15,21,23H,6,9,12-13,16-19H2,1-2H3. The van der Waals surface area contributed by atoms with Crippen LogP contribution in [-0.2, 0) is 9.59 Å². The number of hydrogen-bond donors (Lipinski definition) is 0. The fourth-order valence-corrected chi connectivity index (χ4v) is 5.58. The van der Waals surface area contributed by atoms with Crippen LogP contribution in [0.25, 0.3) is 17.1 Å². The molecule has 36 heavy (non-hydrogen) atoms. The van der Waals surface area contributed by atoms with Gasteiger partial charge in [-0.05, 0) is 45.2 Å². The third-order valence-electron chi connectivity index (χ3n) is 6.91. The number of piperazine rings is 1. The zero-order valence-electron chi connectivity index (χ0n) is 21.0. The summed E-state index contributed by atoms with van der Waals surface area (Å²) in [5, 5.41) is 9.82. The Bertz CT molecular complexity index is 1210. The summed E-state index contributed by atoms with van der Waals surface area (Å²) in [6, 6.07) is 18.5. The van der Waals surface area contributed by atoms with E-state index < -0.39 is 0 Å². The van der Waals surface area contributed by atoms with E-state index in [4.69, 9.17) is 0 Å². The van der Waals surface area contributed by atoms with Crippen LogP contribution in [0.1, 0.15) is 38.2 Å². The van der Waals surface area contributed by atoms with Crippen LogP contribution in [0.5, 0.6) is 0 Å². The average Bonchev–Trinajstić information content (AvgIpc) is 3.67. The van der Waals surface area contributed by atoms with Crippen molar-refractivity contribution in [1.29, 1.82) is 0 Å². The van der Waals surface area contributed by atoms with Gasteiger partial charge in [0.15, 0.2) is 11.0 Å². The van der Waals surface area contributed by atoms with Crippen molar-refractivity contribution in [3.8, 4) is 17.1 Å². The third-order valence-corrected chi connectivity index (χ3v) is 7.93. The smallest absolute Gasteiger partial charge is 0.226 e. The summed E-state index contributed by atoms with van der Waals surface area (Å²) in [5.41, 5.74) is 3.24. The predicted molar refractivity (Wildman–Crippen MR) is 142 cm³/mol. The van der Waals surface area contributed by atoms with E-state index in [9.17, 15) is 9.59 Å². The van der Waals surface area contributed by atoms with Crippen LogP contribution in [0.2, 0.25) is 0 Å². The lowest BCUT2D eigenvalue weighted by molar-refractivity contribution is -0.143. The number of benzene rings is 2. The number of rotatable bonds is 8. The maximum Gasteiger partial charge on any atom is 0.226 e. The van der Waals surface area contributed by atoms with E-state index in [1.807, 2.05) is 40.1 Å². The first-order valence-corrected chi connectivity index (χ1v) is 13.8. The molecular weight excluding hydrogens is 470 g/mol. The fraction of sp³-hybridized carbons (Fsp3) is 0.429. The predicted octanol–water partition coefficient (Wildman–Crippen LogP) is 4.58. The zero-order chi connectivity index (χ0) is 25.1.